The van der Waals surface area contributed by atoms with Gasteiger partial charge in [0.1, 0.15) is 17.4 Å². The molecule has 112 valence electrons. The standard InChI is InChI=1S/C18H12ClN3O/c19-10-5-6-11-14(9-22-15(11)7-10)17-12-3-1-2-4-16(12)23-18(21)13(17)8-20/h1-7,9,17,22H,21H2. The van der Waals surface area contributed by atoms with Crippen LogP contribution in [0.4, 0.5) is 0 Å². The van der Waals surface area contributed by atoms with Crippen LogP contribution in [-0.2, 0) is 0 Å². The quantitative estimate of drug-likeness (QED) is 0.710. The molecule has 0 aliphatic carbocycles. The lowest BCUT2D eigenvalue weighted by atomic mass is 9.83. The predicted octanol–water partition coefficient (Wildman–Crippen LogP) is 4.04. The molecule has 23 heavy (non-hydrogen) atoms. The fourth-order valence-corrected chi connectivity index (χ4v) is 3.26. The molecule has 3 aromatic rings. The number of para-hydroxylation sites is 1. The van der Waals surface area contributed by atoms with Gasteiger partial charge >= 0.3 is 0 Å². The molecule has 0 amide bonds. The average Bonchev–Trinajstić information content (AvgIpc) is 2.96. The highest BCUT2D eigenvalue weighted by Crippen LogP contribution is 2.44. The van der Waals surface area contributed by atoms with E-state index >= 15 is 0 Å². The van der Waals surface area contributed by atoms with Crippen molar-refractivity contribution in [3.63, 3.8) is 0 Å². The molecule has 2 aromatic carbocycles. The third-order valence-electron chi connectivity index (χ3n) is 4.11. The molecular formula is C18H12ClN3O. The van der Waals surface area contributed by atoms with Crippen LogP contribution in [0.2, 0.25) is 5.02 Å². The Balaban J connectivity index is 2.00. The van der Waals surface area contributed by atoms with Crippen LogP contribution in [0.1, 0.15) is 17.0 Å². The molecule has 0 saturated heterocycles. The topological polar surface area (TPSA) is 74.8 Å². The summed E-state index contributed by atoms with van der Waals surface area (Å²) in [6.07, 6.45) is 1.90. The lowest BCUT2D eigenvalue weighted by Crippen LogP contribution is -2.20. The summed E-state index contributed by atoms with van der Waals surface area (Å²) in [5, 5.41) is 11.2. The number of benzene rings is 2. The third kappa shape index (κ3) is 2.06. The number of aromatic nitrogens is 1. The summed E-state index contributed by atoms with van der Waals surface area (Å²) >= 11 is 6.05. The predicted molar refractivity (Wildman–Crippen MR) is 89.0 cm³/mol. The van der Waals surface area contributed by atoms with Gasteiger partial charge in [-0.05, 0) is 23.8 Å². The Morgan fingerprint density at radius 3 is 2.83 bits per heavy atom. The van der Waals surface area contributed by atoms with Gasteiger partial charge in [-0.25, -0.2) is 0 Å². The van der Waals surface area contributed by atoms with Crippen molar-refractivity contribution in [2.24, 2.45) is 5.73 Å². The van der Waals surface area contributed by atoms with Crippen LogP contribution in [-0.4, -0.2) is 4.98 Å². The third-order valence-corrected chi connectivity index (χ3v) is 4.35. The summed E-state index contributed by atoms with van der Waals surface area (Å²) in [7, 11) is 0. The lowest BCUT2D eigenvalue weighted by molar-refractivity contribution is 0.394. The Bertz CT molecular complexity index is 997. The molecule has 0 bridgehead atoms. The minimum Gasteiger partial charge on any atom is -0.440 e. The molecule has 1 atom stereocenters. The van der Waals surface area contributed by atoms with Gasteiger partial charge < -0.3 is 15.5 Å². The highest BCUT2D eigenvalue weighted by atomic mass is 35.5. The number of ether oxygens (including phenoxy) is 1. The number of fused-ring (bicyclic) bond motifs is 2. The molecule has 5 heteroatoms. The zero-order valence-electron chi connectivity index (χ0n) is 12.0. The fraction of sp³-hybridized carbons (Fsp3) is 0.0556. The second-order valence-electron chi connectivity index (χ2n) is 5.40. The first-order valence-electron chi connectivity index (χ1n) is 7.12. The van der Waals surface area contributed by atoms with Gasteiger partial charge in [0.15, 0.2) is 0 Å². The van der Waals surface area contributed by atoms with E-state index in [1.54, 1.807) is 0 Å². The molecule has 3 N–H and O–H groups in total. The number of aromatic amines is 1. The maximum Gasteiger partial charge on any atom is 0.205 e. The Kier molecular flexibility index (Phi) is 3.03. The number of halogens is 1. The minimum atomic E-state index is -0.264. The van der Waals surface area contributed by atoms with E-state index in [0.29, 0.717) is 16.3 Å². The van der Waals surface area contributed by atoms with Gasteiger partial charge in [-0.2, -0.15) is 5.26 Å². The lowest BCUT2D eigenvalue weighted by Gasteiger charge is -2.25. The van der Waals surface area contributed by atoms with E-state index in [4.69, 9.17) is 22.1 Å². The van der Waals surface area contributed by atoms with Crippen LogP contribution in [0.5, 0.6) is 5.75 Å². The number of rotatable bonds is 1. The van der Waals surface area contributed by atoms with Crippen molar-refractivity contribution in [2.45, 2.75) is 5.92 Å². The summed E-state index contributed by atoms with van der Waals surface area (Å²) in [6, 6.07) is 15.5. The summed E-state index contributed by atoms with van der Waals surface area (Å²) in [4.78, 5) is 3.22. The van der Waals surface area contributed by atoms with Crippen LogP contribution in [0, 0.1) is 11.3 Å². The molecule has 1 unspecified atom stereocenters. The number of hydrogen-bond donors (Lipinski definition) is 2. The molecular weight excluding hydrogens is 310 g/mol. The summed E-state index contributed by atoms with van der Waals surface area (Å²) < 4.78 is 5.60. The number of nitrogens with two attached hydrogens (primary N) is 1. The fourth-order valence-electron chi connectivity index (χ4n) is 3.09. The average molecular weight is 322 g/mol. The summed E-state index contributed by atoms with van der Waals surface area (Å²) in [5.74, 6) is 0.566. The van der Waals surface area contributed by atoms with Crippen molar-refractivity contribution in [3.05, 3.63) is 76.3 Å². The normalized spacial score (nSPS) is 16.8. The molecule has 1 aromatic heterocycles. The first-order valence-corrected chi connectivity index (χ1v) is 7.50. The number of allylic oxidation sites excluding steroid dienone is 1. The Morgan fingerprint density at radius 2 is 2.00 bits per heavy atom. The first kappa shape index (κ1) is 13.7. The van der Waals surface area contributed by atoms with Crippen LogP contribution in [0.15, 0.2) is 60.1 Å². The number of H-pyrrole nitrogens is 1. The van der Waals surface area contributed by atoms with E-state index in [2.05, 4.69) is 11.1 Å². The van der Waals surface area contributed by atoms with Gasteiger partial charge in [0.2, 0.25) is 5.88 Å². The van der Waals surface area contributed by atoms with Crippen LogP contribution in [0.25, 0.3) is 10.9 Å². The summed E-state index contributed by atoms with van der Waals surface area (Å²) in [5.41, 5.74) is 9.22. The number of nitrogens with zero attached hydrogens (tertiary/aromatic N) is 1. The van der Waals surface area contributed by atoms with Gasteiger partial charge in [0, 0.05) is 27.7 Å². The Labute approximate surface area is 137 Å². The van der Waals surface area contributed by atoms with Crippen molar-refractivity contribution in [1.82, 2.24) is 4.98 Å². The number of hydrogen-bond acceptors (Lipinski definition) is 3. The maximum absolute atomic E-state index is 9.57. The van der Waals surface area contributed by atoms with Crippen molar-refractivity contribution >= 4 is 22.5 Å². The monoisotopic (exact) mass is 321 g/mol. The van der Waals surface area contributed by atoms with Gasteiger partial charge in [-0.1, -0.05) is 35.9 Å². The van der Waals surface area contributed by atoms with E-state index in [1.165, 1.54) is 0 Å². The van der Waals surface area contributed by atoms with Gasteiger partial charge in [-0.3, -0.25) is 0 Å². The number of nitriles is 1. The smallest absolute Gasteiger partial charge is 0.205 e. The minimum absolute atomic E-state index is 0.152. The molecule has 0 saturated carbocycles. The van der Waals surface area contributed by atoms with Crippen LogP contribution < -0.4 is 10.5 Å². The molecule has 0 radical (unpaired) electrons. The van der Waals surface area contributed by atoms with Crippen molar-refractivity contribution in [2.75, 3.05) is 0 Å². The molecule has 0 spiro atoms. The SMILES string of the molecule is N#CC1=C(N)Oc2ccccc2C1c1c[nH]c2cc(Cl)ccc12. The Morgan fingerprint density at radius 1 is 1.17 bits per heavy atom. The van der Waals surface area contributed by atoms with Crippen molar-refractivity contribution in [3.8, 4) is 11.8 Å². The first-order chi connectivity index (χ1) is 11.2. The zero-order valence-corrected chi connectivity index (χ0v) is 12.8. The van der Waals surface area contributed by atoms with E-state index in [1.807, 2.05) is 48.7 Å². The van der Waals surface area contributed by atoms with Gasteiger partial charge in [0.05, 0.1) is 5.92 Å². The molecule has 2 heterocycles. The molecule has 1 aliphatic heterocycles. The van der Waals surface area contributed by atoms with E-state index < -0.39 is 0 Å². The molecule has 1 aliphatic rings. The largest absolute Gasteiger partial charge is 0.440 e. The van der Waals surface area contributed by atoms with E-state index in [9.17, 15) is 5.26 Å². The van der Waals surface area contributed by atoms with Crippen molar-refractivity contribution < 1.29 is 4.74 Å². The van der Waals surface area contributed by atoms with Crippen LogP contribution >= 0.6 is 11.6 Å². The van der Waals surface area contributed by atoms with E-state index in [0.717, 1.165) is 22.0 Å². The van der Waals surface area contributed by atoms with Gasteiger partial charge in [-0.15, -0.1) is 0 Å². The highest BCUT2D eigenvalue weighted by molar-refractivity contribution is 6.31. The second kappa shape index (κ2) is 5.08. The highest BCUT2D eigenvalue weighted by Gasteiger charge is 2.31. The van der Waals surface area contributed by atoms with Crippen molar-refractivity contribution in [1.29, 1.82) is 5.26 Å². The zero-order chi connectivity index (χ0) is 16.0. The van der Waals surface area contributed by atoms with E-state index in [-0.39, 0.29) is 11.8 Å². The summed E-state index contributed by atoms with van der Waals surface area (Å²) in [6.45, 7) is 0. The molecule has 0 fully saturated rings. The Hall–Kier alpha value is -2.90. The number of nitrogens with one attached hydrogen (secondary N) is 1. The van der Waals surface area contributed by atoms with Gasteiger partial charge in [0.25, 0.3) is 0 Å². The van der Waals surface area contributed by atoms with Crippen LogP contribution in [0.3, 0.4) is 0 Å². The molecule has 4 rings (SSSR count). The molecule has 4 nitrogen and oxygen atoms in total. The maximum atomic E-state index is 9.57. The second-order valence-corrected chi connectivity index (χ2v) is 5.83.